The van der Waals surface area contributed by atoms with E-state index < -0.39 is 20.4 Å². The molecule has 3 nitrogen and oxygen atoms in total. The van der Waals surface area contributed by atoms with Crippen molar-refractivity contribution in [3.8, 4) is 6.07 Å². The number of nitriles is 1. The Morgan fingerprint density at radius 3 is 2.05 bits per heavy atom. The van der Waals surface area contributed by atoms with Crippen molar-refractivity contribution < 1.29 is 12.8 Å². The molecule has 0 spiro atoms. The summed E-state index contributed by atoms with van der Waals surface area (Å²) in [5, 5.41) is 9.41. The summed E-state index contributed by atoms with van der Waals surface area (Å²) >= 11 is 0. The fourth-order valence-electron chi connectivity index (χ4n) is 2.58. The van der Waals surface area contributed by atoms with Gasteiger partial charge in [0.15, 0.2) is 14.6 Å². The van der Waals surface area contributed by atoms with Crippen LogP contribution in [0.25, 0.3) is 0 Å². The van der Waals surface area contributed by atoms with E-state index in [1.807, 2.05) is 6.07 Å². The van der Waals surface area contributed by atoms with Crippen LogP contribution in [0.1, 0.15) is 38.5 Å². The van der Waals surface area contributed by atoms with Gasteiger partial charge in [-0.25, -0.2) is 12.8 Å². The van der Waals surface area contributed by atoms with E-state index in [9.17, 15) is 18.1 Å². The maximum atomic E-state index is 12.9. The normalized spacial score (nSPS) is 19.4. The maximum Gasteiger partial charge on any atom is 0.197 e. The molecule has 0 aromatic heterocycles. The average Bonchev–Trinajstić information content (AvgIpc) is 2.65. The first kappa shape index (κ1) is 14.0. The lowest BCUT2D eigenvalue weighted by Crippen LogP contribution is -2.36. The quantitative estimate of drug-likeness (QED) is 0.617. The summed E-state index contributed by atoms with van der Waals surface area (Å²) < 4.78 is 36.9. The van der Waals surface area contributed by atoms with E-state index in [1.165, 1.54) is 12.1 Å². The number of nitrogens with zero attached hydrogens (tertiary/aromatic N) is 1. The van der Waals surface area contributed by atoms with Crippen LogP contribution in [0.15, 0.2) is 29.2 Å². The van der Waals surface area contributed by atoms with E-state index in [-0.39, 0.29) is 4.90 Å². The van der Waals surface area contributed by atoms with Crippen molar-refractivity contribution in [1.82, 2.24) is 0 Å². The molecule has 1 aliphatic rings. The predicted molar refractivity (Wildman–Crippen MR) is 69.6 cm³/mol. The standard InChI is InChI=1S/C14H16FNO2S/c15-12-5-7-13(8-6-12)19(17,18)14(11-16)9-3-1-2-4-10-14/h5-8H,1-4,9-10H2. The maximum absolute atomic E-state index is 12.9. The second-order valence-electron chi connectivity index (χ2n) is 4.98. The third-order valence-electron chi connectivity index (χ3n) is 3.75. The van der Waals surface area contributed by atoms with Crippen molar-refractivity contribution in [2.75, 3.05) is 0 Å². The van der Waals surface area contributed by atoms with Crippen LogP contribution in [0.5, 0.6) is 0 Å². The molecule has 0 saturated heterocycles. The zero-order valence-corrected chi connectivity index (χ0v) is 11.4. The lowest BCUT2D eigenvalue weighted by atomic mass is 10.0. The third kappa shape index (κ3) is 2.50. The molecule has 1 saturated carbocycles. The third-order valence-corrected chi connectivity index (χ3v) is 6.17. The van der Waals surface area contributed by atoms with Gasteiger partial charge in [0.05, 0.1) is 11.0 Å². The van der Waals surface area contributed by atoms with Crippen molar-refractivity contribution in [3.63, 3.8) is 0 Å². The van der Waals surface area contributed by atoms with Gasteiger partial charge in [-0.05, 0) is 37.1 Å². The predicted octanol–water partition coefficient (Wildman–Crippen LogP) is 3.22. The molecule has 102 valence electrons. The molecule has 0 heterocycles. The molecule has 0 atom stereocenters. The number of hydrogen-bond donors (Lipinski definition) is 0. The van der Waals surface area contributed by atoms with E-state index in [0.29, 0.717) is 12.8 Å². The Balaban J connectivity index is 2.46. The minimum atomic E-state index is -3.74. The fourth-order valence-corrected chi connectivity index (χ4v) is 4.47. The molecule has 0 radical (unpaired) electrons. The lowest BCUT2D eigenvalue weighted by Gasteiger charge is -2.24. The molecule has 0 unspecified atom stereocenters. The van der Waals surface area contributed by atoms with E-state index in [4.69, 9.17) is 0 Å². The molecular weight excluding hydrogens is 265 g/mol. The minimum absolute atomic E-state index is 0.0392. The van der Waals surface area contributed by atoms with Crippen LogP contribution in [0.4, 0.5) is 4.39 Å². The Labute approximate surface area is 113 Å². The van der Waals surface area contributed by atoms with Gasteiger partial charge >= 0.3 is 0 Å². The molecule has 19 heavy (non-hydrogen) atoms. The second kappa shape index (κ2) is 5.30. The van der Waals surface area contributed by atoms with Gasteiger partial charge < -0.3 is 0 Å². The largest absolute Gasteiger partial charge is 0.222 e. The van der Waals surface area contributed by atoms with E-state index in [0.717, 1.165) is 37.8 Å². The van der Waals surface area contributed by atoms with Crippen LogP contribution in [0.3, 0.4) is 0 Å². The Hall–Kier alpha value is -1.41. The van der Waals surface area contributed by atoms with E-state index in [2.05, 4.69) is 0 Å². The number of halogens is 1. The van der Waals surface area contributed by atoms with Crippen molar-refractivity contribution in [2.45, 2.75) is 48.2 Å². The van der Waals surface area contributed by atoms with Crippen LogP contribution in [-0.2, 0) is 9.84 Å². The number of rotatable bonds is 2. The van der Waals surface area contributed by atoms with Gasteiger partial charge in [-0.2, -0.15) is 5.26 Å². The molecule has 1 aromatic carbocycles. The molecular formula is C14H16FNO2S. The molecule has 0 bridgehead atoms. The second-order valence-corrected chi connectivity index (χ2v) is 7.24. The van der Waals surface area contributed by atoms with Crippen LogP contribution in [0, 0.1) is 17.1 Å². The molecule has 2 rings (SSSR count). The molecule has 0 amide bonds. The summed E-state index contributed by atoms with van der Waals surface area (Å²) in [6, 6.07) is 6.76. The van der Waals surface area contributed by atoms with Crippen molar-refractivity contribution in [2.24, 2.45) is 0 Å². The van der Waals surface area contributed by atoms with Gasteiger partial charge in [0.25, 0.3) is 0 Å². The molecule has 0 aliphatic heterocycles. The van der Waals surface area contributed by atoms with Gasteiger partial charge in [-0.3, -0.25) is 0 Å². The summed E-state index contributed by atoms with van der Waals surface area (Å²) in [4.78, 5) is 0.0392. The highest BCUT2D eigenvalue weighted by molar-refractivity contribution is 7.93. The summed E-state index contributed by atoms with van der Waals surface area (Å²) in [6.07, 6.45) is 4.14. The summed E-state index contributed by atoms with van der Waals surface area (Å²) in [5.41, 5.74) is 0. The average molecular weight is 281 g/mol. The number of benzene rings is 1. The van der Waals surface area contributed by atoms with Gasteiger partial charge in [0, 0.05) is 0 Å². The van der Waals surface area contributed by atoms with E-state index in [1.54, 1.807) is 0 Å². The van der Waals surface area contributed by atoms with Crippen molar-refractivity contribution in [3.05, 3.63) is 30.1 Å². The minimum Gasteiger partial charge on any atom is -0.222 e. The smallest absolute Gasteiger partial charge is 0.197 e. The highest BCUT2D eigenvalue weighted by Crippen LogP contribution is 2.37. The summed E-state index contributed by atoms with van der Waals surface area (Å²) in [7, 11) is -3.74. The number of sulfone groups is 1. The first-order valence-electron chi connectivity index (χ1n) is 6.43. The molecule has 1 aliphatic carbocycles. The monoisotopic (exact) mass is 281 g/mol. The highest BCUT2D eigenvalue weighted by Gasteiger charge is 2.45. The summed E-state index contributed by atoms with van der Waals surface area (Å²) in [6.45, 7) is 0. The zero-order valence-electron chi connectivity index (χ0n) is 10.6. The Morgan fingerprint density at radius 2 is 1.58 bits per heavy atom. The lowest BCUT2D eigenvalue weighted by molar-refractivity contribution is 0.522. The topological polar surface area (TPSA) is 57.9 Å². The molecule has 1 fully saturated rings. The fraction of sp³-hybridized carbons (Fsp3) is 0.500. The Morgan fingerprint density at radius 1 is 1.05 bits per heavy atom. The van der Waals surface area contributed by atoms with Gasteiger partial charge in [-0.15, -0.1) is 0 Å². The van der Waals surface area contributed by atoms with Crippen molar-refractivity contribution >= 4 is 9.84 Å². The van der Waals surface area contributed by atoms with Crippen LogP contribution in [-0.4, -0.2) is 13.2 Å². The van der Waals surface area contributed by atoms with Crippen molar-refractivity contribution in [1.29, 1.82) is 5.26 Å². The molecule has 5 heteroatoms. The Kier molecular flexibility index (Phi) is 3.91. The van der Waals surface area contributed by atoms with Crippen LogP contribution in [0.2, 0.25) is 0 Å². The van der Waals surface area contributed by atoms with Crippen LogP contribution >= 0.6 is 0 Å². The highest BCUT2D eigenvalue weighted by atomic mass is 32.2. The first-order chi connectivity index (χ1) is 9.02. The summed E-state index contributed by atoms with van der Waals surface area (Å²) in [5.74, 6) is -0.481. The van der Waals surface area contributed by atoms with Gasteiger partial charge in [0.2, 0.25) is 0 Å². The molecule has 0 N–H and O–H groups in total. The van der Waals surface area contributed by atoms with E-state index >= 15 is 0 Å². The first-order valence-corrected chi connectivity index (χ1v) is 7.92. The number of hydrogen-bond acceptors (Lipinski definition) is 3. The Bertz CT molecular complexity index is 579. The van der Waals surface area contributed by atoms with Crippen LogP contribution < -0.4 is 0 Å². The SMILES string of the molecule is N#CC1(S(=O)(=O)c2ccc(F)cc2)CCCCCC1. The molecule has 1 aromatic rings. The van der Waals surface area contributed by atoms with Gasteiger partial charge in [0.1, 0.15) is 5.82 Å². The zero-order chi connectivity index (χ0) is 13.9. The van der Waals surface area contributed by atoms with Gasteiger partial charge in [-0.1, -0.05) is 25.7 Å².